The van der Waals surface area contributed by atoms with Gasteiger partial charge in [-0.15, -0.1) is 0 Å². The fraction of sp³-hybridized carbons (Fsp3) is 0.476. The molecule has 7 nitrogen and oxygen atoms in total. The Hall–Kier alpha value is -2.83. The normalized spacial score (nSPS) is 14.8. The average molecular weight is 384 g/mol. The highest BCUT2D eigenvalue weighted by molar-refractivity contribution is 5.94. The van der Waals surface area contributed by atoms with Gasteiger partial charge >= 0.3 is 0 Å². The van der Waals surface area contributed by atoms with Gasteiger partial charge in [-0.2, -0.15) is 0 Å². The monoisotopic (exact) mass is 384 g/mol. The number of rotatable bonds is 6. The zero-order valence-electron chi connectivity index (χ0n) is 16.8. The number of nitrogens with one attached hydrogen (secondary N) is 1. The maximum Gasteiger partial charge on any atom is 0.226 e. The molecule has 7 heteroatoms. The second-order valence-corrected chi connectivity index (χ2v) is 7.48. The number of piperidine rings is 1. The van der Waals surface area contributed by atoms with Crippen molar-refractivity contribution >= 4 is 29.0 Å². The van der Waals surface area contributed by atoms with Gasteiger partial charge in [0.2, 0.25) is 11.8 Å². The number of amides is 2. The molecular formula is C21H28N4O3. The molecule has 2 amide bonds. The zero-order chi connectivity index (χ0) is 20.1. The third-order valence-corrected chi connectivity index (χ3v) is 5.13. The summed E-state index contributed by atoms with van der Waals surface area (Å²) in [5.41, 5.74) is 1.94. The van der Waals surface area contributed by atoms with Crippen molar-refractivity contribution in [3.05, 3.63) is 36.1 Å². The lowest BCUT2D eigenvalue weighted by molar-refractivity contribution is -0.117. The summed E-state index contributed by atoms with van der Waals surface area (Å²) in [6.45, 7) is 7.91. The number of aromatic nitrogens is 1. The van der Waals surface area contributed by atoms with E-state index in [9.17, 15) is 9.59 Å². The third-order valence-electron chi connectivity index (χ3n) is 5.13. The first-order valence-corrected chi connectivity index (χ1v) is 9.78. The van der Waals surface area contributed by atoms with E-state index < -0.39 is 0 Å². The summed E-state index contributed by atoms with van der Waals surface area (Å²) in [5, 5.41) is 6.74. The van der Waals surface area contributed by atoms with Gasteiger partial charge in [-0.25, -0.2) is 0 Å². The zero-order valence-corrected chi connectivity index (χ0v) is 16.8. The molecule has 1 aliphatic heterocycles. The van der Waals surface area contributed by atoms with Gasteiger partial charge in [0.25, 0.3) is 0 Å². The summed E-state index contributed by atoms with van der Waals surface area (Å²) < 4.78 is 5.02. The average Bonchev–Trinajstić information content (AvgIpc) is 3.09. The van der Waals surface area contributed by atoms with Crippen LogP contribution in [0.2, 0.25) is 0 Å². The molecule has 2 aromatic rings. The Bertz CT molecular complexity index is 807. The Balaban J connectivity index is 1.52. The van der Waals surface area contributed by atoms with Crippen molar-refractivity contribution in [2.45, 2.75) is 40.0 Å². The smallest absolute Gasteiger partial charge is 0.226 e. The first-order chi connectivity index (χ1) is 13.4. The molecule has 0 bridgehead atoms. The van der Waals surface area contributed by atoms with E-state index in [4.69, 9.17) is 4.52 Å². The molecule has 0 unspecified atom stereocenters. The topological polar surface area (TPSA) is 78.7 Å². The van der Waals surface area contributed by atoms with Crippen LogP contribution in [0, 0.1) is 12.8 Å². The second-order valence-electron chi connectivity index (χ2n) is 7.48. The van der Waals surface area contributed by atoms with Gasteiger partial charge < -0.3 is 14.7 Å². The van der Waals surface area contributed by atoms with Gasteiger partial charge in [-0.3, -0.25) is 14.5 Å². The molecule has 0 radical (unpaired) electrons. The predicted octanol–water partition coefficient (Wildman–Crippen LogP) is 3.60. The maximum absolute atomic E-state index is 12.3. The third kappa shape index (κ3) is 5.12. The minimum Gasteiger partial charge on any atom is -0.372 e. The van der Waals surface area contributed by atoms with Gasteiger partial charge in [-0.1, -0.05) is 12.1 Å². The molecule has 150 valence electrons. The van der Waals surface area contributed by atoms with Crippen LogP contribution in [0.25, 0.3) is 0 Å². The minimum atomic E-state index is -0.179. The number of anilines is 3. The predicted molar refractivity (Wildman–Crippen MR) is 110 cm³/mol. The summed E-state index contributed by atoms with van der Waals surface area (Å²) in [6.07, 6.45) is 2.61. The molecule has 1 fully saturated rings. The number of carbonyl (C=O) groups is 2. The van der Waals surface area contributed by atoms with Crippen molar-refractivity contribution in [1.82, 2.24) is 5.16 Å². The summed E-state index contributed by atoms with van der Waals surface area (Å²) in [7, 11) is 0. The molecule has 28 heavy (non-hydrogen) atoms. The molecule has 0 spiro atoms. The van der Waals surface area contributed by atoms with Crippen LogP contribution in [0.3, 0.4) is 0 Å². The van der Waals surface area contributed by atoms with Crippen LogP contribution in [-0.4, -0.2) is 36.6 Å². The highest BCUT2D eigenvalue weighted by Crippen LogP contribution is 2.24. The van der Waals surface area contributed by atoms with E-state index in [-0.39, 0.29) is 24.8 Å². The van der Waals surface area contributed by atoms with Crippen LogP contribution in [-0.2, 0) is 9.59 Å². The lowest BCUT2D eigenvalue weighted by Crippen LogP contribution is -2.32. The Morgan fingerprint density at radius 2 is 1.93 bits per heavy atom. The SMILES string of the molecule is CC(=O)N(CCC(=O)Nc1ccc(N2CCC(C)CC2)cc1)c1cc(C)on1. The van der Waals surface area contributed by atoms with E-state index in [1.807, 2.05) is 24.3 Å². The fourth-order valence-electron chi connectivity index (χ4n) is 3.37. The second kappa shape index (κ2) is 8.91. The van der Waals surface area contributed by atoms with Crippen molar-refractivity contribution in [3.63, 3.8) is 0 Å². The molecule has 1 N–H and O–H groups in total. The van der Waals surface area contributed by atoms with Crippen LogP contribution >= 0.6 is 0 Å². The van der Waals surface area contributed by atoms with E-state index in [1.54, 1.807) is 13.0 Å². The van der Waals surface area contributed by atoms with Crippen molar-refractivity contribution in [1.29, 1.82) is 0 Å². The molecule has 1 saturated heterocycles. The molecule has 3 rings (SSSR count). The Labute approximate surface area is 165 Å². The van der Waals surface area contributed by atoms with Crippen LogP contribution in [0.1, 0.15) is 38.9 Å². The van der Waals surface area contributed by atoms with Crippen molar-refractivity contribution < 1.29 is 14.1 Å². The molecule has 0 saturated carbocycles. The van der Waals surface area contributed by atoms with Gasteiger partial charge in [-0.05, 0) is 49.9 Å². The minimum absolute atomic E-state index is 0.147. The first kappa shape index (κ1) is 19.9. The highest BCUT2D eigenvalue weighted by Gasteiger charge is 2.18. The van der Waals surface area contributed by atoms with E-state index in [0.717, 1.165) is 24.7 Å². The molecule has 2 heterocycles. The number of nitrogens with zero attached hydrogens (tertiary/aromatic N) is 3. The van der Waals surface area contributed by atoms with Crippen LogP contribution < -0.4 is 15.1 Å². The first-order valence-electron chi connectivity index (χ1n) is 9.78. The largest absolute Gasteiger partial charge is 0.372 e. The quantitative estimate of drug-likeness (QED) is 0.823. The number of hydrogen-bond acceptors (Lipinski definition) is 5. The molecule has 0 atom stereocenters. The van der Waals surface area contributed by atoms with Gasteiger partial charge in [0, 0.05) is 50.4 Å². The Morgan fingerprint density at radius 1 is 1.25 bits per heavy atom. The van der Waals surface area contributed by atoms with Gasteiger partial charge in [0.1, 0.15) is 5.76 Å². The molecule has 0 aliphatic carbocycles. The van der Waals surface area contributed by atoms with E-state index in [1.165, 1.54) is 30.4 Å². The molecule has 1 aliphatic rings. The molecular weight excluding hydrogens is 356 g/mol. The lowest BCUT2D eigenvalue weighted by Gasteiger charge is -2.32. The highest BCUT2D eigenvalue weighted by atomic mass is 16.5. The van der Waals surface area contributed by atoms with Crippen molar-refractivity contribution in [3.8, 4) is 0 Å². The Morgan fingerprint density at radius 3 is 2.50 bits per heavy atom. The summed E-state index contributed by atoms with van der Waals surface area (Å²) >= 11 is 0. The number of aryl methyl sites for hydroxylation is 1. The van der Waals surface area contributed by atoms with Gasteiger partial charge in [0.05, 0.1) is 0 Å². The van der Waals surface area contributed by atoms with E-state index >= 15 is 0 Å². The lowest BCUT2D eigenvalue weighted by atomic mass is 9.99. The summed E-state index contributed by atoms with van der Waals surface area (Å²) in [4.78, 5) is 28.0. The number of carbonyl (C=O) groups excluding carboxylic acids is 2. The standard InChI is InChI=1S/C21H28N4O3/c1-15-8-11-24(12-9-15)19-6-4-18(5-7-19)22-21(27)10-13-25(17(3)26)20-14-16(2)28-23-20/h4-7,14-15H,8-13H2,1-3H3,(H,22,27). The molecule has 1 aromatic heterocycles. The van der Waals surface area contributed by atoms with E-state index in [0.29, 0.717) is 11.6 Å². The number of hydrogen-bond donors (Lipinski definition) is 1. The molecule has 1 aromatic carbocycles. The van der Waals surface area contributed by atoms with Crippen LogP contribution in [0.15, 0.2) is 34.9 Å². The number of benzene rings is 1. The Kier molecular flexibility index (Phi) is 6.34. The van der Waals surface area contributed by atoms with Crippen molar-refractivity contribution in [2.75, 3.05) is 34.8 Å². The fourth-order valence-corrected chi connectivity index (χ4v) is 3.37. The summed E-state index contributed by atoms with van der Waals surface area (Å²) in [5.74, 6) is 1.52. The summed E-state index contributed by atoms with van der Waals surface area (Å²) in [6, 6.07) is 9.63. The van der Waals surface area contributed by atoms with Crippen LogP contribution in [0.4, 0.5) is 17.2 Å². The van der Waals surface area contributed by atoms with E-state index in [2.05, 4.69) is 22.3 Å². The van der Waals surface area contributed by atoms with Crippen LogP contribution in [0.5, 0.6) is 0 Å². The van der Waals surface area contributed by atoms with Gasteiger partial charge in [0.15, 0.2) is 5.82 Å². The van der Waals surface area contributed by atoms with Crippen molar-refractivity contribution in [2.24, 2.45) is 5.92 Å². The maximum atomic E-state index is 12.3.